The van der Waals surface area contributed by atoms with Crippen LogP contribution in [0.2, 0.25) is 0 Å². The summed E-state index contributed by atoms with van der Waals surface area (Å²) in [6.07, 6.45) is 0.768. The van der Waals surface area contributed by atoms with Crippen molar-refractivity contribution in [3.05, 3.63) is 83.4 Å². The van der Waals surface area contributed by atoms with Gasteiger partial charge >= 0.3 is 5.97 Å². The van der Waals surface area contributed by atoms with Crippen molar-refractivity contribution >= 4 is 22.6 Å². The van der Waals surface area contributed by atoms with Crippen LogP contribution in [0.1, 0.15) is 46.3 Å². The van der Waals surface area contributed by atoms with Crippen LogP contribution in [0.4, 0.5) is 0 Å². The maximum Gasteiger partial charge on any atom is 0.305 e. The number of fused-ring (bicyclic) bond motifs is 1. The normalized spacial score (nSPS) is 17.2. The summed E-state index contributed by atoms with van der Waals surface area (Å²) >= 11 is 0. The van der Waals surface area contributed by atoms with E-state index in [-0.39, 0.29) is 12.3 Å². The largest absolute Gasteiger partial charge is 0.481 e. The highest BCUT2D eigenvalue weighted by atomic mass is 16.5. The Bertz CT molecular complexity index is 1040. The van der Waals surface area contributed by atoms with E-state index < -0.39 is 12.0 Å². The highest BCUT2D eigenvalue weighted by Gasteiger charge is 2.22. The van der Waals surface area contributed by atoms with Gasteiger partial charge in [-0.1, -0.05) is 48.5 Å². The molecule has 0 aromatic heterocycles. The molecule has 5 nitrogen and oxygen atoms in total. The van der Waals surface area contributed by atoms with E-state index in [0.717, 1.165) is 34.9 Å². The Morgan fingerprint density at radius 1 is 1.03 bits per heavy atom. The maximum absolute atomic E-state index is 12.9. The van der Waals surface area contributed by atoms with E-state index in [1.807, 2.05) is 60.7 Å². The molecule has 1 amide bonds. The van der Waals surface area contributed by atoms with Crippen LogP contribution in [0.5, 0.6) is 0 Å². The van der Waals surface area contributed by atoms with Gasteiger partial charge in [0, 0.05) is 18.1 Å². The van der Waals surface area contributed by atoms with E-state index in [2.05, 4.69) is 5.32 Å². The Labute approximate surface area is 169 Å². The molecule has 0 aliphatic carbocycles. The average Bonchev–Trinajstić information content (AvgIpc) is 3.27. The zero-order chi connectivity index (χ0) is 20.2. The van der Waals surface area contributed by atoms with Crippen LogP contribution in [-0.4, -0.2) is 30.2 Å². The van der Waals surface area contributed by atoms with Crippen LogP contribution in [0, 0.1) is 0 Å². The smallest absolute Gasteiger partial charge is 0.305 e. The molecule has 1 fully saturated rings. The van der Waals surface area contributed by atoms with Gasteiger partial charge in [-0.2, -0.15) is 0 Å². The monoisotopic (exact) mass is 389 g/mol. The van der Waals surface area contributed by atoms with Gasteiger partial charge in [0.15, 0.2) is 0 Å². The Morgan fingerprint density at radius 3 is 2.62 bits per heavy atom. The second-order valence-corrected chi connectivity index (χ2v) is 7.42. The highest BCUT2D eigenvalue weighted by molar-refractivity contribution is 5.95. The Kier molecular flexibility index (Phi) is 5.58. The zero-order valence-electron chi connectivity index (χ0n) is 16.0. The van der Waals surface area contributed by atoms with Gasteiger partial charge in [-0.3, -0.25) is 9.59 Å². The third kappa shape index (κ3) is 4.46. The fourth-order valence-corrected chi connectivity index (χ4v) is 3.82. The zero-order valence-corrected chi connectivity index (χ0v) is 16.0. The number of rotatable bonds is 6. The Morgan fingerprint density at radius 2 is 1.86 bits per heavy atom. The molecule has 0 saturated carbocycles. The van der Waals surface area contributed by atoms with Crippen LogP contribution < -0.4 is 5.32 Å². The van der Waals surface area contributed by atoms with Gasteiger partial charge in [0.25, 0.3) is 5.91 Å². The van der Waals surface area contributed by atoms with Gasteiger partial charge in [-0.05, 0) is 46.5 Å². The molecule has 0 bridgehead atoms. The van der Waals surface area contributed by atoms with E-state index in [1.54, 1.807) is 6.07 Å². The average molecular weight is 389 g/mol. The minimum atomic E-state index is -0.958. The van der Waals surface area contributed by atoms with Crippen molar-refractivity contribution in [1.82, 2.24) is 5.32 Å². The van der Waals surface area contributed by atoms with Crippen molar-refractivity contribution < 1.29 is 19.4 Å². The topological polar surface area (TPSA) is 75.6 Å². The lowest BCUT2D eigenvalue weighted by atomic mass is 9.96. The number of carboxylic acid groups (broad SMARTS) is 1. The van der Waals surface area contributed by atoms with E-state index >= 15 is 0 Å². The molecule has 1 saturated heterocycles. The molecule has 0 spiro atoms. The summed E-state index contributed by atoms with van der Waals surface area (Å²) in [5.74, 6) is -0.927. The highest BCUT2D eigenvalue weighted by Crippen LogP contribution is 2.27. The Balaban J connectivity index is 1.58. The number of carbonyl (C=O) groups excluding carboxylic acids is 1. The quantitative estimate of drug-likeness (QED) is 0.659. The number of benzene rings is 3. The Hall–Kier alpha value is -3.18. The number of aliphatic carboxylic acids is 1. The fraction of sp³-hybridized carbons (Fsp3) is 0.250. The number of amides is 1. The van der Waals surface area contributed by atoms with Gasteiger partial charge in [0.1, 0.15) is 0 Å². The molecule has 4 rings (SSSR count). The first-order valence-corrected chi connectivity index (χ1v) is 9.79. The van der Waals surface area contributed by atoms with E-state index in [9.17, 15) is 14.7 Å². The summed E-state index contributed by atoms with van der Waals surface area (Å²) in [6, 6.07) is 20.6. The van der Waals surface area contributed by atoms with Crippen LogP contribution in [-0.2, 0) is 9.53 Å². The van der Waals surface area contributed by atoms with Gasteiger partial charge < -0.3 is 15.2 Å². The van der Waals surface area contributed by atoms with Crippen LogP contribution in [0.25, 0.3) is 10.8 Å². The standard InChI is InChI=1S/C24H23NO4/c26-23(27)14-22(19-9-8-16-4-1-2-5-17(16)12-19)25-24(28)20-7-3-6-18(13-20)21-10-11-29-15-21/h1-9,12-13,21-22H,10-11,14-15H2,(H,25,28)(H,26,27)/t21?,22-/m0/s1. The molecule has 0 radical (unpaired) electrons. The number of carbonyl (C=O) groups is 2. The summed E-state index contributed by atoms with van der Waals surface area (Å²) in [6.45, 7) is 1.41. The molecule has 1 heterocycles. The van der Waals surface area contributed by atoms with Crippen molar-refractivity contribution in [3.63, 3.8) is 0 Å². The van der Waals surface area contributed by atoms with E-state index in [4.69, 9.17) is 4.74 Å². The number of hydrogen-bond donors (Lipinski definition) is 2. The molecule has 5 heteroatoms. The first-order chi connectivity index (χ1) is 14.1. The van der Waals surface area contributed by atoms with Gasteiger partial charge in [0.2, 0.25) is 0 Å². The predicted octanol–water partition coefficient (Wildman–Crippen LogP) is 4.29. The summed E-state index contributed by atoms with van der Waals surface area (Å²) in [5, 5.41) is 14.4. The molecule has 3 aromatic carbocycles. The lowest BCUT2D eigenvalue weighted by Crippen LogP contribution is -2.30. The summed E-state index contributed by atoms with van der Waals surface area (Å²) < 4.78 is 5.45. The molecular weight excluding hydrogens is 366 g/mol. The van der Waals surface area contributed by atoms with E-state index in [1.165, 1.54) is 0 Å². The van der Waals surface area contributed by atoms with Crippen molar-refractivity contribution in [3.8, 4) is 0 Å². The molecule has 1 aliphatic rings. The minimum Gasteiger partial charge on any atom is -0.481 e. The van der Waals surface area contributed by atoms with E-state index in [0.29, 0.717) is 18.1 Å². The molecule has 2 N–H and O–H groups in total. The second kappa shape index (κ2) is 8.45. The number of carboxylic acids is 1. The molecule has 1 aliphatic heterocycles. The molecule has 3 aromatic rings. The van der Waals surface area contributed by atoms with Gasteiger partial charge in [-0.25, -0.2) is 0 Å². The van der Waals surface area contributed by atoms with Crippen LogP contribution in [0.15, 0.2) is 66.7 Å². The third-order valence-electron chi connectivity index (χ3n) is 5.41. The lowest BCUT2D eigenvalue weighted by Gasteiger charge is -2.19. The molecule has 148 valence electrons. The summed E-state index contributed by atoms with van der Waals surface area (Å²) in [4.78, 5) is 24.3. The van der Waals surface area contributed by atoms with Crippen LogP contribution >= 0.6 is 0 Å². The molecule has 1 unspecified atom stereocenters. The molecular formula is C24H23NO4. The molecule has 2 atom stereocenters. The molecule has 29 heavy (non-hydrogen) atoms. The fourth-order valence-electron chi connectivity index (χ4n) is 3.82. The van der Waals surface area contributed by atoms with Gasteiger partial charge in [0.05, 0.1) is 19.1 Å². The maximum atomic E-state index is 12.9. The third-order valence-corrected chi connectivity index (χ3v) is 5.41. The van der Waals surface area contributed by atoms with Gasteiger partial charge in [-0.15, -0.1) is 0 Å². The minimum absolute atomic E-state index is 0.180. The SMILES string of the molecule is O=C(O)C[C@H](NC(=O)c1cccc(C2CCOC2)c1)c1ccc2ccccc2c1. The van der Waals surface area contributed by atoms with Crippen molar-refractivity contribution in [2.75, 3.05) is 13.2 Å². The first-order valence-electron chi connectivity index (χ1n) is 9.79. The van der Waals surface area contributed by atoms with Crippen molar-refractivity contribution in [1.29, 1.82) is 0 Å². The lowest BCUT2D eigenvalue weighted by molar-refractivity contribution is -0.137. The van der Waals surface area contributed by atoms with Crippen molar-refractivity contribution in [2.45, 2.75) is 24.8 Å². The number of hydrogen-bond acceptors (Lipinski definition) is 3. The summed E-state index contributed by atoms with van der Waals surface area (Å²) in [7, 11) is 0. The summed E-state index contributed by atoms with van der Waals surface area (Å²) in [5.41, 5.74) is 2.39. The number of nitrogens with one attached hydrogen (secondary N) is 1. The first kappa shape index (κ1) is 19.2. The predicted molar refractivity (Wildman–Crippen MR) is 111 cm³/mol. The van der Waals surface area contributed by atoms with Crippen molar-refractivity contribution in [2.24, 2.45) is 0 Å². The van der Waals surface area contributed by atoms with Crippen LogP contribution in [0.3, 0.4) is 0 Å². The second-order valence-electron chi connectivity index (χ2n) is 7.42. The number of ether oxygens (including phenoxy) is 1.